The first-order valence-corrected chi connectivity index (χ1v) is 9.74. The van der Waals surface area contributed by atoms with E-state index in [1.807, 2.05) is 6.92 Å². The number of hydrogen-bond acceptors (Lipinski definition) is 4. The summed E-state index contributed by atoms with van der Waals surface area (Å²) in [5, 5.41) is 12.6. The van der Waals surface area contributed by atoms with E-state index in [9.17, 15) is 9.18 Å². The Morgan fingerprint density at radius 3 is 2.40 bits per heavy atom. The molecule has 0 spiro atoms. The van der Waals surface area contributed by atoms with Gasteiger partial charge in [-0.2, -0.15) is 0 Å². The SMILES string of the molecule is CCOc1cc(CNc2ccc(C(=O)O)cc2)c(Cl)cc1OCc1ccccc1F. The molecular formula is C23H21ClFNO4. The quantitative estimate of drug-likeness (QED) is 0.452. The van der Waals surface area contributed by atoms with Gasteiger partial charge in [0.2, 0.25) is 0 Å². The molecule has 0 aliphatic carbocycles. The number of halogens is 2. The van der Waals surface area contributed by atoms with Crippen molar-refractivity contribution in [1.29, 1.82) is 0 Å². The summed E-state index contributed by atoms with van der Waals surface area (Å²) in [6.45, 7) is 2.74. The van der Waals surface area contributed by atoms with Crippen LogP contribution in [0, 0.1) is 5.82 Å². The van der Waals surface area contributed by atoms with E-state index >= 15 is 0 Å². The van der Waals surface area contributed by atoms with Crippen LogP contribution in [0.25, 0.3) is 0 Å². The molecule has 0 saturated heterocycles. The van der Waals surface area contributed by atoms with Gasteiger partial charge in [0, 0.05) is 28.9 Å². The number of nitrogens with one attached hydrogen (secondary N) is 1. The van der Waals surface area contributed by atoms with Crippen molar-refractivity contribution in [1.82, 2.24) is 0 Å². The van der Waals surface area contributed by atoms with Gasteiger partial charge >= 0.3 is 5.97 Å². The van der Waals surface area contributed by atoms with Crippen molar-refractivity contribution in [3.05, 3.63) is 88.2 Å². The maximum absolute atomic E-state index is 13.8. The van der Waals surface area contributed by atoms with Crippen LogP contribution in [0.3, 0.4) is 0 Å². The summed E-state index contributed by atoms with van der Waals surface area (Å²) in [7, 11) is 0. The molecule has 0 heterocycles. The van der Waals surface area contributed by atoms with Gasteiger partial charge in [0.1, 0.15) is 12.4 Å². The van der Waals surface area contributed by atoms with Gasteiger partial charge in [0.15, 0.2) is 11.5 Å². The minimum absolute atomic E-state index is 0.0522. The molecule has 0 amide bonds. The van der Waals surface area contributed by atoms with Crippen LogP contribution in [-0.2, 0) is 13.2 Å². The molecule has 0 bridgehead atoms. The largest absolute Gasteiger partial charge is 0.490 e. The van der Waals surface area contributed by atoms with Crippen molar-refractivity contribution >= 4 is 23.3 Å². The Morgan fingerprint density at radius 2 is 1.73 bits per heavy atom. The molecule has 30 heavy (non-hydrogen) atoms. The smallest absolute Gasteiger partial charge is 0.335 e. The second kappa shape index (κ2) is 9.98. The maximum Gasteiger partial charge on any atom is 0.335 e. The standard InChI is InChI=1S/C23H21ClFNO4/c1-2-29-21-11-17(13-26-18-9-7-15(8-10-18)23(27)28)19(24)12-22(21)30-14-16-5-3-4-6-20(16)25/h3-12,26H,2,13-14H2,1H3,(H,27,28). The average molecular weight is 430 g/mol. The van der Waals surface area contributed by atoms with E-state index < -0.39 is 5.97 Å². The molecule has 0 aromatic heterocycles. The van der Waals surface area contributed by atoms with E-state index in [1.54, 1.807) is 42.5 Å². The Labute approximate surface area is 179 Å². The summed E-state index contributed by atoms with van der Waals surface area (Å²) in [6, 6.07) is 16.3. The van der Waals surface area contributed by atoms with Crippen molar-refractivity contribution < 1.29 is 23.8 Å². The van der Waals surface area contributed by atoms with Crippen molar-refractivity contribution in [3.63, 3.8) is 0 Å². The lowest BCUT2D eigenvalue weighted by atomic mass is 10.1. The van der Waals surface area contributed by atoms with Crippen molar-refractivity contribution in [2.45, 2.75) is 20.1 Å². The van der Waals surface area contributed by atoms with Crippen LogP contribution < -0.4 is 14.8 Å². The van der Waals surface area contributed by atoms with Crippen LogP contribution in [0.4, 0.5) is 10.1 Å². The number of carboxylic acids is 1. The Morgan fingerprint density at radius 1 is 1.03 bits per heavy atom. The first-order valence-electron chi connectivity index (χ1n) is 9.36. The van der Waals surface area contributed by atoms with Gasteiger partial charge in [-0.25, -0.2) is 9.18 Å². The average Bonchev–Trinajstić information content (AvgIpc) is 2.74. The molecule has 0 aliphatic rings. The number of carboxylic acid groups (broad SMARTS) is 1. The summed E-state index contributed by atoms with van der Waals surface area (Å²) < 4.78 is 25.3. The van der Waals surface area contributed by atoms with Crippen LogP contribution in [0.1, 0.15) is 28.4 Å². The zero-order valence-electron chi connectivity index (χ0n) is 16.3. The third-order valence-electron chi connectivity index (χ3n) is 4.37. The molecule has 0 atom stereocenters. The van der Waals surface area contributed by atoms with Crippen LogP contribution in [-0.4, -0.2) is 17.7 Å². The topological polar surface area (TPSA) is 67.8 Å². The molecule has 7 heteroatoms. The van der Waals surface area contributed by atoms with Crippen LogP contribution in [0.5, 0.6) is 11.5 Å². The zero-order chi connectivity index (χ0) is 21.5. The molecular weight excluding hydrogens is 409 g/mol. The van der Waals surface area contributed by atoms with Crippen molar-refractivity contribution in [3.8, 4) is 11.5 Å². The lowest BCUT2D eigenvalue weighted by Gasteiger charge is -2.16. The first kappa shape index (κ1) is 21.5. The van der Waals surface area contributed by atoms with Crippen LogP contribution in [0.2, 0.25) is 5.02 Å². The Balaban J connectivity index is 1.73. The molecule has 3 rings (SSSR count). The molecule has 0 aliphatic heterocycles. The minimum atomic E-state index is -0.975. The summed E-state index contributed by atoms with van der Waals surface area (Å²) >= 11 is 6.42. The highest BCUT2D eigenvalue weighted by Gasteiger charge is 2.13. The maximum atomic E-state index is 13.8. The Hall–Kier alpha value is -3.25. The molecule has 0 unspecified atom stereocenters. The van der Waals surface area contributed by atoms with Gasteiger partial charge in [0.25, 0.3) is 0 Å². The number of aromatic carboxylic acids is 1. The summed E-state index contributed by atoms with van der Waals surface area (Å²) in [5.41, 5.74) is 2.19. The highest BCUT2D eigenvalue weighted by Crippen LogP contribution is 2.34. The number of rotatable bonds is 9. The number of carbonyl (C=O) groups is 1. The third kappa shape index (κ3) is 5.42. The Kier molecular flexibility index (Phi) is 7.14. The lowest BCUT2D eigenvalue weighted by Crippen LogP contribution is -2.05. The fourth-order valence-corrected chi connectivity index (χ4v) is 3.01. The highest BCUT2D eigenvalue weighted by molar-refractivity contribution is 6.31. The minimum Gasteiger partial charge on any atom is -0.490 e. The van der Waals surface area contributed by atoms with E-state index in [2.05, 4.69) is 5.32 Å². The number of anilines is 1. The monoisotopic (exact) mass is 429 g/mol. The number of benzene rings is 3. The summed E-state index contributed by atoms with van der Waals surface area (Å²) in [5.74, 6) is -0.371. The van der Waals surface area contributed by atoms with Gasteiger partial charge in [-0.05, 0) is 48.9 Å². The summed E-state index contributed by atoms with van der Waals surface area (Å²) in [4.78, 5) is 10.9. The molecule has 0 radical (unpaired) electrons. The van der Waals surface area contributed by atoms with Crippen LogP contribution >= 0.6 is 11.6 Å². The van der Waals surface area contributed by atoms with Gasteiger partial charge in [-0.1, -0.05) is 29.8 Å². The lowest BCUT2D eigenvalue weighted by molar-refractivity contribution is 0.0697. The molecule has 2 N–H and O–H groups in total. The van der Waals surface area contributed by atoms with E-state index in [0.29, 0.717) is 35.2 Å². The molecule has 5 nitrogen and oxygen atoms in total. The molecule has 3 aromatic carbocycles. The Bertz CT molecular complexity index is 1020. The normalized spacial score (nSPS) is 10.5. The second-order valence-corrected chi connectivity index (χ2v) is 6.85. The molecule has 156 valence electrons. The zero-order valence-corrected chi connectivity index (χ0v) is 17.1. The van der Waals surface area contributed by atoms with Crippen LogP contribution in [0.15, 0.2) is 60.7 Å². The first-order chi connectivity index (χ1) is 14.5. The van der Waals surface area contributed by atoms with E-state index in [0.717, 1.165) is 11.3 Å². The molecule has 3 aromatic rings. The van der Waals surface area contributed by atoms with Crippen molar-refractivity contribution in [2.75, 3.05) is 11.9 Å². The van der Waals surface area contributed by atoms with Gasteiger partial charge in [-0.3, -0.25) is 0 Å². The van der Waals surface area contributed by atoms with Gasteiger partial charge < -0.3 is 19.9 Å². The third-order valence-corrected chi connectivity index (χ3v) is 4.72. The van der Waals surface area contributed by atoms with E-state index in [-0.39, 0.29) is 18.0 Å². The van der Waals surface area contributed by atoms with Crippen molar-refractivity contribution in [2.24, 2.45) is 0 Å². The van der Waals surface area contributed by atoms with E-state index in [1.165, 1.54) is 18.2 Å². The predicted molar refractivity (Wildman–Crippen MR) is 114 cm³/mol. The van der Waals surface area contributed by atoms with E-state index in [4.69, 9.17) is 26.2 Å². The molecule has 0 saturated carbocycles. The number of ether oxygens (including phenoxy) is 2. The summed E-state index contributed by atoms with van der Waals surface area (Å²) in [6.07, 6.45) is 0. The fraction of sp³-hybridized carbons (Fsp3) is 0.174. The van der Waals surface area contributed by atoms with Gasteiger partial charge in [0.05, 0.1) is 12.2 Å². The van der Waals surface area contributed by atoms with Gasteiger partial charge in [-0.15, -0.1) is 0 Å². The predicted octanol–water partition coefficient (Wildman–Crippen LogP) is 5.77. The second-order valence-electron chi connectivity index (χ2n) is 6.44. The fourth-order valence-electron chi connectivity index (χ4n) is 2.79. The number of hydrogen-bond donors (Lipinski definition) is 2. The highest BCUT2D eigenvalue weighted by atomic mass is 35.5. The molecule has 0 fully saturated rings.